The lowest BCUT2D eigenvalue weighted by Crippen LogP contribution is -2.31. The van der Waals surface area contributed by atoms with Gasteiger partial charge in [0.1, 0.15) is 5.82 Å². The molecular weight excluding hydrogens is 405 g/mol. The Morgan fingerprint density at radius 1 is 1.11 bits per heavy atom. The first-order valence-electron chi connectivity index (χ1n) is 8.75. The van der Waals surface area contributed by atoms with Crippen LogP contribution in [0, 0.1) is 11.7 Å². The Morgan fingerprint density at radius 3 is 2.50 bits per heavy atom. The molecule has 9 heteroatoms. The highest BCUT2D eigenvalue weighted by atomic mass is 35.5. The molecule has 1 fully saturated rings. The van der Waals surface area contributed by atoms with E-state index in [2.05, 4.69) is 15.4 Å². The Hall–Kier alpha value is -2.00. The van der Waals surface area contributed by atoms with E-state index in [9.17, 15) is 17.6 Å². The van der Waals surface area contributed by atoms with Gasteiger partial charge in [0.25, 0.3) is 0 Å². The summed E-state index contributed by atoms with van der Waals surface area (Å²) in [5.41, 5.74) is 1.23. The predicted molar refractivity (Wildman–Crippen MR) is 107 cm³/mol. The van der Waals surface area contributed by atoms with E-state index < -0.39 is 15.8 Å². The molecule has 1 unspecified atom stereocenters. The van der Waals surface area contributed by atoms with Crippen LogP contribution in [0.1, 0.15) is 17.5 Å². The Labute approximate surface area is 170 Å². The van der Waals surface area contributed by atoms with Crippen LogP contribution in [0.15, 0.2) is 53.4 Å². The molecule has 2 aromatic carbocycles. The minimum atomic E-state index is -3.74. The van der Waals surface area contributed by atoms with Gasteiger partial charge in [0, 0.05) is 19.6 Å². The minimum Gasteiger partial charge on any atom is -0.352 e. The number of carbonyl (C=O) groups is 1. The summed E-state index contributed by atoms with van der Waals surface area (Å²) >= 11 is 0. The van der Waals surface area contributed by atoms with Crippen molar-refractivity contribution in [2.75, 3.05) is 13.1 Å². The fraction of sp³-hybridized carbons (Fsp3) is 0.316. The highest BCUT2D eigenvalue weighted by molar-refractivity contribution is 7.89. The number of hydrogen-bond acceptors (Lipinski definition) is 4. The molecule has 1 heterocycles. The molecule has 152 valence electrons. The molecule has 3 N–H and O–H groups in total. The lowest BCUT2D eigenvalue weighted by molar-refractivity contribution is -0.124. The summed E-state index contributed by atoms with van der Waals surface area (Å²) in [6.07, 6.45) is 0.810. The summed E-state index contributed by atoms with van der Waals surface area (Å²) in [5, 5.41) is 5.99. The SMILES string of the molecule is Cl.O=C(NCc1cccc(S(=O)(=O)NCc2cccc(F)c2)c1)C1CCNC1. The van der Waals surface area contributed by atoms with E-state index in [0.29, 0.717) is 17.7 Å². The quantitative estimate of drug-likeness (QED) is 0.630. The Morgan fingerprint density at radius 2 is 1.82 bits per heavy atom. The number of halogens is 2. The summed E-state index contributed by atoms with van der Waals surface area (Å²) in [6, 6.07) is 12.2. The van der Waals surface area contributed by atoms with Gasteiger partial charge in [-0.05, 0) is 48.4 Å². The molecule has 2 aromatic rings. The van der Waals surface area contributed by atoms with Crippen molar-refractivity contribution in [3.05, 3.63) is 65.5 Å². The second-order valence-electron chi connectivity index (χ2n) is 6.51. The lowest BCUT2D eigenvalue weighted by atomic mass is 10.1. The van der Waals surface area contributed by atoms with Crippen molar-refractivity contribution < 1.29 is 17.6 Å². The molecule has 1 atom stereocenters. The molecule has 6 nitrogen and oxygen atoms in total. The number of carbonyl (C=O) groups excluding carboxylic acids is 1. The van der Waals surface area contributed by atoms with Gasteiger partial charge in [0.05, 0.1) is 10.8 Å². The van der Waals surface area contributed by atoms with Crippen LogP contribution in [-0.2, 0) is 27.9 Å². The molecule has 1 saturated heterocycles. The van der Waals surface area contributed by atoms with Crippen LogP contribution in [0.25, 0.3) is 0 Å². The largest absolute Gasteiger partial charge is 0.352 e. The van der Waals surface area contributed by atoms with Crippen LogP contribution < -0.4 is 15.4 Å². The van der Waals surface area contributed by atoms with E-state index in [4.69, 9.17) is 0 Å². The summed E-state index contributed by atoms with van der Waals surface area (Å²) in [5.74, 6) is -0.482. The van der Waals surface area contributed by atoms with Gasteiger partial charge in [-0.25, -0.2) is 17.5 Å². The van der Waals surface area contributed by atoms with Crippen LogP contribution in [0.3, 0.4) is 0 Å². The molecule has 1 aliphatic rings. The van der Waals surface area contributed by atoms with Crippen molar-refractivity contribution in [3.63, 3.8) is 0 Å². The first-order chi connectivity index (χ1) is 12.9. The van der Waals surface area contributed by atoms with Crippen LogP contribution in [0.2, 0.25) is 0 Å². The summed E-state index contributed by atoms with van der Waals surface area (Å²) in [4.78, 5) is 12.2. The third-order valence-corrected chi connectivity index (χ3v) is 5.86. The molecule has 28 heavy (non-hydrogen) atoms. The fourth-order valence-corrected chi connectivity index (χ4v) is 4.03. The van der Waals surface area contributed by atoms with Crippen molar-refractivity contribution >= 4 is 28.3 Å². The van der Waals surface area contributed by atoms with Crippen LogP contribution >= 0.6 is 12.4 Å². The number of hydrogen-bond donors (Lipinski definition) is 3. The van der Waals surface area contributed by atoms with Gasteiger partial charge in [-0.2, -0.15) is 0 Å². The Bertz CT molecular complexity index is 918. The average Bonchev–Trinajstić information content (AvgIpc) is 3.20. The van der Waals surface area contributed by atoms with Gasteiger partial charge in [-0.1, -0.05) is 24.3 Å². The highest BCUT2D eigenvalue weighted by Gasteiger charge is 2.22. The molecule has 1 aliphatic heterocycles. The van der Waals surface area contributed by atoms with Crippen molar-refractivity contribution in [1.29, 1.82) is 0 Å². The van der Waals surface area contributed by atoms with Gasteiger partial charge in [-0.3, -0.25) is 4.79 Å². The van der Waals surface area contributed by atoms with Crippen molar-refractivity contribution in [2.24, 2.45) is 5.92 Å². The zero-order valence-electron chi connectivity index (χ0n) is 15.2. The zero-order valence-corrected chi connectivity index (χ0v) is 16.8. The van der Waals surface area contributed by atoms with Gasteiger partial charge in [0.2, 0.25) is 15.9 Å². The lowest BCUT2D eigenvalue weighted by Gasteiger charge is -2.11. The van der Waals surface area contributed by atoms with Gasteiger partial charge in [-0.15, -0.1) is 12.4 Å². The molecule has 0 saturated carbocycles. The summed E-state index contributed by atoms with van der Waals surface area (Å²) in [6.45, 7) is 1.77. The van der Waals surface area contributed by atoms with Gasteiger partial charge >= 0.3 is 0 Å². The predicted octanol–water partition coefficient (Wildman–Crippen LogP) is 1.95. The number of nitrogens with one attached hydrogen (secondary N) is 3. The Balaban J connectivity index is 0.00000280. The molecule has 0 spiro atoms. The smallest absolute Gasteiger partial charge is 0.240 e. The maximum Gasteiger partial charge on any atom is 0.240 e. The normalized spacial score (nSPS) is 16.4. The topological polar surface area (TPSA) is 87.3 Å². The maximum atomic E-state index is 13.2. The van der Waals surface area contributed by atoms with Crippen LogP contribution in [0.4, 0.5) is 4.39 Å². The van der Waals surface area contributed by atoms with E-state index >= 15 is 0 Å². The molecule has 0 aliphatic carbocycles. The molecular formula is C19H23ClFN3O3S. The van der Waals surface area contributed by atoms with Gasteiger partial charge in [0.15, 0.2) is 0 Å². The summed E-state index contributed by atoms with van der Waals surface area (Å²) < 4.78 is 40.7. The standard InChI is InChI=1S/C19H22FN3O3S.ClH/c20-17-5-1-3-14(9-17)12-23-27(25,26)18-6-2-4-15(10-18)11-22-19(24)16-7-8-21-13-16;/h1-6,9-10,16,21,23H,7-8,11-13H2,(H,22,24);1H. The zero-order chi connectivity index (χ0) is 19.3. The van der Waals surface area contributed by atoms with Gasteiger partial charge < -0.3 is 10.6 Å². The van der Waals surface area contributed by atoms with Crippen LogP contribution in [0.5, 0.6) is 0 Å². The molecule has 1 amide bonds. The first kappa shape index (κ1) is 22.3. The number of sulfonamides is 1. The monoisotopic (exact) mass is 427 g/mol. The van der Waals surface area contributed by atoms with Crippen molar-refractivity contribution in [1.82, 2.24) is 15.4 Å². The second kappa shape index (κ2) is 9.97. The van der Waals surface area contributed by atoms with E-state index in [-0.39, 0.29) is 42.2 Å². The number of amides is 1. The number of rotatable bonds is 7. The van der Waals surface area contributed by atoms with E-state index in [0.717, 1.165) is 13.0 Å². The van der Waals surface area contributed by atoms with E-state index in [1.54, 1.807) is 18.2 Å². The first-order valence-corrected chi connectivity index (χ1v) is 10.2. The molecule has 0 radical (unpaired) electrons. The second-order valence-corrected chi connectivity index (χ2v) is 8.28. The third-order valence-electron chi connectivity index (χ3n) is 4.46. The number of benzene rings is 2. The molecule has 0 bridgehead atoms. The third kappa shape index (κ3) is 6.00. The van der Waals surface area contributed by atoms with Crippen molar-refractivity contribution in [3.8, 4) is 0 Å². The maximum absolute atomic E-state index is 13.2. The highest BCUT2D eigenvalue weighted by Crippen LogP contribution is 2.13. The summed E-state index contributed by atoms with van der Waals surface area (Å²) in [7, 11) is -3.74. The molecule has 0 aromatic heterocycles. The van der Waals surface area contributed by atoms with Crippen molar-refractivity contribution in [2.45, 2.75) is 24.4 Å². The fourth-order valence-electron chi connectivity index (χ4n) is 2.94. The van der Waals surface area contributed by atoms with Crippen LogP contribution in [-0.4, -0.2) is 27.4 Å². The average molecular weight is 428 g/mol. The minimum absolute atomic E-state index is 0. The Kier molecular flexibility index (Phi) is 7.94. The van der Waals surface area contributed by atoms with E-state index in [1.807, 2.05) is 0 Å². The molecule has 3 rings (SSSR count). The van der Waals surface area contributed by atoms with E-state index in [1.165, 1.54) is 30.3 Å².